The molecule has 0 bridgehead atoms. The number of aromatic nitrogens is 2. The first-order valence-corrected chi connectivity index (χ1v) is 9.06. The van der Waals surface area contributed by atoms with Crippen LogP contribution in [0.3, 0.4) is 0 Å². The van der Waals surface area contributed by atoms with E-state index < -0.39 is 0 Å². The Morgan fingerprint density at radius 3 is 2.88 bits per heavy atom. The molecule has 2 aromatic rings. The summed E-state index contributed by atoms with van der Waals surface area (Å²) in [5, 5.41) is 19.5. The second-order valence-corrected chi connectivity index (χ2v) is 6.77. The Morgan fingerprint density at radius 2 is 2.21 bits per heavy atom. The Kier molecular flexibility index (Phi) is 6.66. The van der Waals surface area contributed by atoms with E-state index in [0.29, 0.717) is 46.2 Å². The van der Waals surface area contributed by atoms with E-state index >= 15 is 0 Å². The van der Waals surface area contributed by atoms with E-state index in [4.69, 9.17) is 16.9 Å². The van der Waals surface area contributed by atoms with Gasteiger partial charge in [0.15, 0.2) is 5.16 Å². The minimum atomic E-state index is -0.239. The van der Waals surface area contributed by atoms with Crippen LogP contribution in [-0.2, 0) is 6.54 Å². The Bertz CT molecular complexity index is 866. The van der Waals surface area contributed by atoms with Crippen molar-refractivity contribution >= 4 is 34.3 Å². The summed E-state index contributed by atoms with van der Waals surface area (Å²) in [7, 11) is 0. The van der Waals surface area contributed by atoms with Crippen LogP contribution < -0.4 is 5.56 Å². The molecule has 2 rings (SSSR count). The lowest BCUT2D eigenvalue weighted by molar-refractivity contribution is 0.583. The van der Waals surface area contributed by atoms with Gasteiger partial charge in [0.1, 0.15) is 0 Å². The molecular weight excluding hydrogens is 344 g/mol. The van der Waals surface area contributed by atoms with Crippen molar-refractivity contribution < 1.29 is 0 Å². The van der Waals surface area contributed by atoms with E-state index in [0.717, 1.165) is 6.42 Å². The van der Waals surface area contributed by atoms with Gasteiger partial charge in [-0.15, -0.1) is 0 Å². The quantitative estimate of drug-likeness (QED) is 0.550. The number of benzene rings is 1. The van der Waals surface area contributed by atoms with Crippen molar-refractivity contribution in [2.75, 3.05) is 5.75 Å². The third-order valence-electron chi connectivity index (χ3n) is 3.53. The summed E-state index contributed by atoms with van der Waals surface area (Å²) in [6, 6.07) is 9.32. The summed E-state index contributed by atoms with van der Waals surface area (Å²) < 4.78 is 1.65. The van der Waals surface area contributed by atoms with Crippen molar-refractivity contribution in [2.45, 2.75) is 37.9 Å². The lowest BCUT2D eigenvalue weighted by Crippen LogP contribution is -2.23. The first-order valence-electron chi connectivity index (χ1n) is 7.70. The van der Waals surface area contributed by atoms with Gasteiger partial charge in [0.05, 0.1) is 29.0 Å². The molecule has 0 aliphatic rings. The summed E-state index contributed by atoms with van der Waals surface area (Å²) in [5.74, 6) is 0.261. The van der Waals surface area contributed by atoms with Crippen LogP contribution in [0.25, 0.3) is 10.9 Å². The van der Waals surface area contributed by atoms with Gasteiger partial charge in [-0.05, 0) is 31.0 Å². The Balaban J connectivity index is 2.37. The van der Waals surface area contributed by atoms with Gasteiger partial charge in [0.2, 0.25) is 0 Å². The minimum Gasteiger partial charge on any atom is -0.287 e. The number of nitriles is 2. The number of halogens is 1. The van der Waals surface area contributed by atoms with E-state index in [1.54, 1.807) is 22.8 Å². The van der Waals surface area contributed by atoms with Crippen LogP contribution in [-0.4, -0.2) is 15.3 Å². The molecule has 0 radical (unpaired) electrons. The number of thioether (sulfide) groups is 1. The maximum absolute atomic E-state index is 12.7. The number of hydrogen-bond acceptors (Lipinski definition) is 5. The average molecular weight is 361 g/mol. The smallest absolute Gasteiger partial charge is 0.262 e. The van der Waals surface area contributed by atoms with E-state index in [2.05, 4.69) is 17.1 Å². The highest BCUT2D eigenvalue weighted by molar-refractivity contribution is 7.99. The molecule has 0 fully saturated rings. The van der Waals surface area contributed by atoms with Crippen molar-refractivity contribution in [3.8, 4) is 12.1 Å². The predicted molar refractivity (Wildman–Crippen MR) is 96.0 cm³/mol. The molecule has 0 saturated carbocycles. The molecule has 7 heteroatoms. The maximum atomic E-state index is 12.7. The lowest BCUT2D eigenvalue weighted by Gasteiger charge is -2.13. The highest BCUT2D eigenvalue weighted by Gasteiger charge is 2.14. The number of nitrogens with zero attached hydrogens (tertiary/aromatic N) is 4. The van der Waals surface area contributed by atoms with Gasteiger partial charge < -0.3 is 0 Å². The fourth-order valence-electron chi connectivity index (χ4n) is 2.30. The lowest BCUT2D eigenvalue weighted by atomic mass is 10.1. The average Bonchev–Trinajstić information content (AvgIpc) is 2.58. The monoisotopic (exact) mass is 360 g/mol. The summed E-state index contributed by atoms with van der Waals surface area (Å²) in [6.07, 6.45) is 1.68. The Hall–Kier alpha value is -2.02. The van der Waals surface area contributed by atoms with Crippen molar-refractivity contribution in [2.24, 2.45) is 5.92 Å². The van der Waals surface area contributed by atoms with Crippen molar-refractivity contribution in [1.29, 1.82) is 10.5 Å². The zero-order chi connectivity index (χ0) is 17.5. The standard InChI is InChI=1S/C17H17ClN4OS/c1-2-8-22-16(23)14-6-5-13(18)9-15(14)21-17(22)24-11-12(10-20)4-3-7-19/h5-6,9,12H,2-4,8,11H2,1H3/t12-/m1/s1. The molecule has 0 unspecified atom stereocenters. The third kappa shape index (κ3) is 4.29. The van der Waals surface area contributed by atoms with Gasteiger partial charge in [0.25, 0.3) is 5.56 Å². The van der Waals surface area contributed by atoms with Crippen molar-refractivity contribution in [3.05, 3.63) is 33.6 Å². The summed E-state index contributed by atoms with van der Waals surface area (Å²) in [5.41, 5.74) is 0.472. The normalized spacial score (nSPS) is 11.8. The van der Waals surface area contributed by atoms with Gasteiger partial charge in [-0.2, -0.15) is 10.5 Å². The summed E-state index contributed by atoms with van der Waals surface area (Å²) >= 11 is 7.38. The van der Waals surface area contributed by atoms with E-state index in [9.17, 15) is 10.1 Å². The molecule has 124 valence electrons. The fourth-order valence-corrected chi connectivity index (χ4v) is 3.55. The van der Waals surface area contributed by atoms with Gasteiger partial charge in [-0.25, -0.2) is 4.98 Å². The topological polar surface area (TPSA) is 82.5 Å². The fraction of sp³-hybridized carbons (Fsp3) is 0.412. The zero-order valence-electron chi connectivity index (χ0n) is 13.3. The van der Waals surface area contributed by atoms with Crippen LogP contribution in [0.15, 0.2) is 28.2 Å². The molecule has 0 saturated heterocycles. The first kappa shape index (κ1) is 18.3. The van der Waals surface area contributed by atoms with Crippen LogP contribution in [0.5, 0.6) is 0 Å². The highest BCUT2D eigenvalue weighted by Crippen LogP contribution is 2.23. The summed E-state index contributed by atoms with van der Waals surface area (Å²) in [6.45, 7) is 2.57. The zero-order valence-corrected chi connectivity index (χ0v) is 14.9. The number of rotatable bonds is 7. The van der Waals surface area contributed by atoms with Crippen molar-refractivity contribution in [1.82, 2.24) is 9.55 Å². The molecular formula is C17H17ClN4OS. The second kappa shape index (κ2) is 8.73. The van der Waals surface area contributed by atoms with Crippen LogP contribution in [0.4, 0.5) is 0 Å². The van der Waals surface area contributed by atoms with Crippen LogP contribution in [0.1, 0.15) is 26.2 Å². The van der Waals surface area contributed by atoms with Gasteiger partial charge >= 0.3 is 0 Å². The molecule has 24 heavy (non-hydrogen) atoms. The van der Waals surface area contributed by atoms with E-state index in [1.165, 1.54) is 11.8 Å². The molecule has 1 heterocycles. The third-order valence-corrected chi connectivity index (χ3v) is 4.90. The Labute approximate surface area is 149 Å². The number of fused-ring (bicyclic) bond motifs is 1. The van der Waals surface area contributed by atoms with Crippen LogP contribution in [0.2, 0.25) is 5.02 Å². The molecule has 0 aliphatic heterocycles. The maximum Gasteiger partial charge on any atom is 0.262 e. The van der Waals surface area contributed by atoms with Gasteiger partial charge in [-0.3, -0.25) is 9.36 Å². The summed E-state index contributed by atoms with van der Waals surface area (Å²) in [4.78, 5) is 17.3. The SMILES string of the molecule is CCCn1c(SC[C@@H](C#N)CCC#N)nc2cc(Cl)ccc2c1=O. The van der Waals surface area contributed by atoms with Crippen LogP contribution >= 0.6 is 23.4 Å². The molecule has 0 N–H and O–H groups in total. The Morgan fingerprint density at radius 1 is 1.42 bits per heavy atom. The molecule has 0 spiro atoms. The number of hydrogen-bond donors (Lipinski definition) is 0. The minimum absolute atomic E-state index is 0.0912. The molecule has 0 amide bonds. The van der Waals surface area contributed by atoms with Crippen LogP contribution in [0, 0.1) is 28.6 Å². The molecule has 1 atom stereocenters. The highest BCUT2D eigenvalue weighted by atomic mass is 35.5. The molecule has 1 aromatic heterocycles. The predicted octanol–water partition coefficient (Wildman–Crippen LogP) is 4.00. The van der Waals surface area contributed by atoms with Gasteiger partial charge in [0, 0.05) is 23.7 Å². The molecule has 1 aromatic carbocycles. The first-order chi connectivity index (χ1) is 11.6. The van der Waals surface area contributed by atoms with E-state index in [1.807, 2.05) is 6.92 Å². The second-order valence-electron chi connectivity index (χ2n) is 5.35. The van der Waals surface area contributed by atoms with Crippen molar-refractivity contribution in [3.63, 3.8) is 0 Å². The van der Waals surface area contributed by atoms with Gasteiger partial charge in [-0.1, -0.05) is 30.3 Å². The molecule has 0 aliphatic carbocycles. The molecule has 5 nitrogen and oxygen atoms in total. The largest absolute Gasteiger partial charge is 0.287 e. The van der Waals surface area contributed by atoms with E-state index in [-0.39, 0.29) is 11.5 Å².